The van der Waals surface area contributed by atoms with Crippen LogP contribution in [0, 0.1) is 0 Å². The number of carbonyl (C=O) groups is 1. The maximum atomic E-state index is 10.9. The van der Waals surface area contributed by atoms with Crippen LogP contribution in [0.15, 0.2) is 24.5 Å². The molecule has 0 spiro atoms. The fraction of sp³-hybridized carbons (Fsp3) is 0.100. The minimum atomic E-state index is -1.13. The third-order valence-corrected chi connectivity index (χ3v) is 2.16. The molecule has 17 heavy (non-hydrogen) atoms. The first-order valence-electron chi connectivity index (χ1n) is 4.62. The molecular weight excluding hydrogens is 246 g/mol. The summed E-state index contributed by atoms with van der Waals surface area (Å²) in [4.78, 5) is 14.8. The van der Waals surface area contributed by atoms with E-state index in [9.17, 15) is 4.79 Å². The number of rotatable bonds is 3. The van der Waals surface area contributed by atoms with Crippen molar-refractivity contribution in [3.8, 4) is 11.6 Å². The molecule has 0 atom stereocenters. The van der Waals surface area contributed by atoms with E-state index in [1.807, 2.05) is 0 Å². The van der Waals surface area contributed by atoms with Crippen molar-refractivity contribution in [3.05, 3.63) is 35.2 Å². The zero-order valence-electron chi connectivity index (χ0n) is 8.79. The average Bonchev–Trinajstić information content (AvgIpc) is 2.63. The summed E-state index contributed by atoms with van der Waals surface area (Å²) in [7, 11) is 1.72. The number of carboxylic acids is 1. The zero-order chi connectivity index (χ0) is 12.4. The molecule has 2 heterocycles. The number of aryl methyl sites for hydroxylation is 1. The summed E-state index contributed by atoms with van der Waals surface area (Å²) < 4.78 is 6.84. The van der Waals surface area contributed by atoms with Crippen LogP contribution in [0.2, 0.25) is 5.15 Å². The molecule has 2 rings (SSSR count). The minimum absolute atomic E-state index is 0.0572. The van der Waals surface area contributed by atoms with Crippen LogP contribution < -0.4 is 4.74 Å². The van der Waals surface area contributed by atoms with Crippen LogP contribution in [0.25, 0.3) is 0 Å². The predicted molar refractivity (Wildman–Crippen MR) is 59.5 cm³/mol. The lowest BCUT2D eigenvalue weighted by Gasteiger charge is -2.05. The van der Waals surface area contributed by atoms with Gasteiger partial charge in [-0.3, -0.25) is 4.68 Å². The van der Waals surface area contributed by atoms with E-state index in [4.69, 9.17) is 21.4 Å². The molecule has 0 radical (unpaired) electrons. The van der Waals surface area contributed by atoms with E-state index < -0.39 is 5.97 Å². The molecule has 0 unspecified atom stereocenters. The van der Waals surface area contributed by atoms with Crippen molar-refractivity contribution in [2.75, 3.05) is 0 Å². The normalized spacial score (nSPS) is 10.2. The summed E-state index contributed by atoms with van der Waals surface area (Å²) in [5.41, 5.74) is -0.0572. The Morgan fingerprint density at radius 3 is 2.88 bits per heavy atom. The van der Waals surface area contributed by atoms with Crippen molar-refractivity contribution in [2.24, 2.45) is 7.05 Å². The van der Waals surface area contributed by atoms with Gasteiger partial charge in [-0.15, -0.1) is 0 Å². The topological polar surface area (TPSA) is 77.2 Å². The molecule has 1 N–H and O–H groups in total. The van der Waals surface area contributed by atoms with E-state index in [0.717, 1.165) is 0 Å². The lowest BCUT2D eigenvalue weighted by atomic mass is 10.3. The SMILES string of the molecule is Cn1cc(Oc2nc(Cl)ccc2C(=O)O)cn1. The Morgan fingerprint density at radius 1 is 1.53 bits per heavy atom. The lowest BCUT2D eigenvalue weighted by Crippen LogP contribution is -2.01. The lowest BCUT2D eigenvalue weighted by molar-refractivity contribution is 0.0693. The van der Waals surface area contributed by atoms with Gasteiger partial charge in [-0.1, -0.05) is 11.6 Å². The maximum absolute atomic E-state index is 10.9. The highest BCUT2D eigenvalue weighted by atomic mass is 35.5. The largest absolute Gasteiger partial charge is 0.477 e. The molecule has 6 nitrogen and oxygen atoms in total. The average molecular weight is 254 g/mol. The summed E-state index contributed by atoms with van der Waals surface area (Å²) >= 11 is 5.69. The van der Waals surface area contributed by atoms with Crippen molar-refractivity contribution in [1.82, 2.24) is 14.8 Å². The zero-order valence-corrected chi connectivity index (χ0v) is 9.55. The number of aromatic nitrogens is 3. The van der Waals surface area contributed by atoms with Gasteiger partial charge in [0.2, 0.25) is 5.88 Å². The van der Waals surface area contributed by atoms with Gasteiger partial charge in [0.25, 0.3) is 0 Å². The van der Waals surface area contributed by atoms with Crippen molar-refractivity contribution in [1.29, 1.82) is 0 Å². The first kappa shape index (κ1) is 11.4. The summed E-state index contributed by atoms with van der Waals surface area (Å²) in [6, 6.07) is 2.73. The van der Waals surface area contributed by atoms with Crippen LogP contribution in [0.1, 0.15) is 10.4 Å². The van der Waals surface area contributed by atoms with Crippen LogP contribution in [-0.2, 0) is 7.05 Å². The van der Waals surface area contributed by atoms with E-state index in [-0.39, 0.29) is 16.6 Å². The van der Waals surface area contributed by atoms with Gasteiger partial charge in [-0.05, 0) is 12.1 Å². The molecule has 2 aromatic heterocycles. The van der Waals surface area contributed by atoms with Crippen molar-refractivity contribution >= 4 is 17.6 Å². The number of nitrogens with zero attached hydrogens (tertiary/aromatic N) is 3. The van der Waals surface area contributed by atoms with Gasteiger partial charge in [-0.25, -0.2) is 9.78 Å². The van der Waals surface area contributed by atoms with Gasteiger partial charge in [-0.2, -0.15) is 5.10 Å². The summed E-state index contributed by atoms with van der Waals surface area (Å²) in [5, 5.41) is 13.0. The highest BCUT2D eigenvalue weighted by Crippen LogP contribution is 2.24. The second-order valence-corrected chi connectivity index (χ2v) is 3.63. The quantitative estimate of drug-likeness (QED) is 0.846. The molecule has 7 heteroatoms. The minimum Gasteiger partial charge on any atom is -0.477 e. The van der Waals surface area contributed by atoms with Crippen molar-refractivity contribution < 1.29 is 14.6 Å². The van der Waals surface area contributed by atoms with Gasteiger partial charge in [0.15, 0.2) is 5.75 Å². The van der Waals surface area contributed by atoms with Crippen LogP contribution in [0.4, 0.5) is 0 Å². The second-order valence-electron chi connectivity index (χ2n) is 3.24. The van der Waals surface area contributed by atoms with E-state index in [1.165, 1.54) is 23.0 Å². The standard InChI is InChI=1S/C10H8ClN3O3/c1-14-5-6(4-12-14)17-9-7(10(15)16)2-3-8(11)13-9/h2-5H,1H3,(H,15,16). The highest BCUT2D eigenvalue weighted by molar-refractivity contribution is 6.29. The number of hydrogen-bond acceptors (Lipinski definition) is 4. The number of halogens is 1. The number of pyridine rings is 1. The molecule has 0 fully saturated rings. The first-order chi connectivity index (χ1) is 8.06. The predicted octanol–water partition coefficient (Wildman–Crippen LogP) is 1.96. The summed E-state index contributed by atoms with van der Waals surface area (Å²) in [6.45, 7) is 0. The summed E-state index contributed by atoms with van der Waals surface area (Å²) in [6.07, 6.45) is 3.04. The van der Waals surface area contributed by atoms with Gasteiger partial charge in [0.1, 0.15) is 10.7 Å². The molecular formula is C10H8ClN3O3. The number of hydrogen-bond donors (Lipinski definition) is 1. The Labute approximate surface area is 101 Å². The number of ether oxygens (including phenoxy) is 1. The third kappa shape index (κ3) is 2.54. The fourth-order valence-electron chi connectivity index (χ4n) is 1.22. The molecule has 0 bridgehead atoms. The molecule has 0 aliphatic heterocycles. The van der Waals surface area contributed by atoms with Crippen LogP contribution in [-0.4, -0.2) is 25.8 Å². The Morgan fingerprint density at radius 2 is 2.29 bits per heavy atom. The molecule has 0 aliphatic rings. The Balaban J connectivity index is 2.37. The fourth-order valence-corrected chi connectivity index (χ4v) is 1.36. The van der Waals surface area contributed by atoms with E-state index >= 15 is 0 Å². The molecule has 0 saturated heterocycles. The van der Waals surface area contributed by atoms with Crippen LogP contribution in [0.3, 0.4) is 0 Å². The molecule has 0 saturated carbocycles. The van der Waals surface area contributed by atoms with Crippen LogP contribution in [0.5, 0.6) is 11.6 Å². The third-order valence-electron chi connectivity index (χ3n) is 1.95. The van der Waals surface area contributed by atoms with E-state index in [0.29, 0.717) is 5.75 Å². The second kappa shape index (κ2) is 4.42. The highest BCUT2D eigenvalue weighted by Gasteiger charge is 2.14. The van der Waals surface area contributed by atoms with Gasteiger partial charge in [0, 0.05) is 7.05 Å². The number of carboxylic acid groups (broad SMARTS) is 1. The maximum Gasteiger partial charge on any atom is 0.341 e. The smallest absolute Gasteiger partial charge is 0.341 e. The Hall–Kier alpha value is -2.08. The van der Waals surface area contributed by atoms with Gasteiger partial charge in [0.05, 0.1) is 12.4 Å². The van der Waals surface area contributed by atoms with Crippen molar-refractivity contribution in [3.63, 3.8) is 0 Å². The van der Waals surface area contributed by atoms with Gasteiger partial charge >= 0.3 is 5.97 Å². The van der Waals surface area contributed by atoms with E-state index in [2.05, 4.69) is 10.1 Å². The molecule has 0 aromatic carbocycles. The molecule has 2 aromatic rings. The first-order valence-corrected chi connectivity index (χ1v) is 5.00. The van der Waals surface area contributed by atoms with E-state index in [1.54, 1.807) is 13.2 Å². The van der Waals surface area contributed by atoms with Crippen molar-refractivity contribution in [2.45, 2.75) is 0 Å². The number of aromatic carboxylic acids is 1. The van der Waals surface area contributed by atoms with Gasteiger partial charge < -0.3 is 9.84 Å². The monoisotopic (exact) mass is 253 g/mol. The Bertz CT molecular complexity index is 568. The van der Waals surface area contributed by atoms with Crippen LogP contribution >= 0.6 is 11.6 Å². The summed E-state index contributed by atoms with van der Waals surface area (Å²) in [5.74, 6) is -0.796. The Kier molecular flexibility index (Phi) is 2.97. The molecule has 0 aliphatic carbocycles. The molecule has 0 amide bonds. The molecule has 88 valence electrons.